The minimum atomic E-state index is -0.0562. The zero-order valence-electron chi connectivity index (χ0n) is 17.5. The van der Waals surface area contributed by atoms with Crippen LogP contribution in [-0.2, 0) is 4.79 Å². The molecule has 0 aliphatic carbocycles. The van der Waals surface area contributed by atoms with Crippen molar-refractivity contribution in [2.24, 2.45) is 0 Å². The van der Waals surface area contributed by atoms with Crippen molar-refractivity contribution in [3.05, 3.63) is 53.5 Å². The number of halogens is 1. The van der Waals surface area contributed by atoms with E-state index < -0.39 is 0 Å². The van der Waals surface area contributed by atoms with Crippen LogP contribution in [0.15, 0.2) is 47.0 Å². The Bertz CT molecular complexity index is 1050. The monoisotopic (exact) mass is 441 g/mol. The normalized spacial score (nSPS) is 14.2. The number of hydrogen-bond acceptors (Lipinski definition) is 7. The summed E-state index contributed by atoms with van der Waals surface area (Å²) in [6.45, 7) is 6.45. The number of anilines is 1. The first-order valence-corrected chi connectivity index (χ1v) is 10.6. The molecule has 1 saturated heterocycles. The molecule has 2 aromatic heterocycles. The molecule has 4 rings (SSSR count). The first-order valence-electron chi connectivity index (χ1n) is 10.2. The highest BCUT2D eigenvalue weighted by molar-refractivity contribution is 6.30. The molecule has 3 aromatic rings. The van der Waals surface area contributed by atoms with E-state index in [2.05, 4.69) is 20.1 Å². The molecule has 1 fully saturated rings. The maximum absolute atomic E-state index is 12.6. The number of benzene rings is 1. The molecule has 1 aliphatic heterocycles. The summed E-state index contributed by atoms with van der Waals surface area (Å²) in [5.41, 5.74) is 0.797. The van der Waals surface area contributed by atoms with E-state index in [1.807, 2.05) is 26.0 Å². The van der Waals surface area contributed by atoms with E-state index in [4.69, 9.17) is 20.8 Å². The smallest absolute Gasteiger partial charge is 0.260 e. The number of carbonyl (C=O) groups excluding carboxylic acids is 1. The predicted molar refractivity (Wildman–Crippen MR) is 117 cm³/mol. The largest absolute Gasteiger partial charge is 0.484 e. The Labute approximate surface area is 185 Å². The second-order valence-corrected chi connectivity index (χ2v) is 8.03. The van der Waals surface area contributed by atoms with Gasteiger partial charge in [-0.1, -0.05) is 31.5 Å². The molecule has 3 heterocycles. The van der Waals surface area contributed by atoms with Gasteiger partial charge in [0.1, 0.15) is 11.6 Å². The molecular formula is C22H24ClN5O3. The van der Waals surface area contributed by atoms with Crippen LogP contribution in [0.25, 0.3) is 11.5 Å². The van der Waals surface area contributed by atoms with Crippen molar-refractivity contribution in [2.75, 3.05) is 37.7 Å². The summed E-state index contributed by atoms with van der Waals surface area (Å²) in [5.74, 6) is 2.52. The topological polar surface area (TPSA) is 84.6 Å². The van der Waals surface area contributed by atoms with Crippen LogP contribution in [0.5, 0.6) is 5.75 Å². The van der Waals surface area contributed by atoms with E-state index in [0.29, 0.717) is 48.7 Å². The Hall–Kier alpha value is -3.13. The highest BCUT2D eigenvalue weighted by Crippen LogP contribution is 2.29. The number of nitrogens with zero attached hydrogens (tertiary/aromatic N) is 5. The zero-order chi connectivity index (χ0) is 21.8. The molecule has 1 amide bonds. The van der Waals surface area contributed by atoms with Gasteiger partial charge in [0, 0.05) is 43.3 Å². The number of amides is 1. The van der Waals surface area contributed by atoms with Crippen molar-refractivity contribution in [1.82, 2.24) is 20.1 Å². The Balaban J connectivity index is 1.38. The lowest BCUT2D eigenvalue weighted by atomic mass is 10.2. The molecule has 0 N–H and O–H groups in total. The van der Waals surface area contributed by atoms with Gasteiger partial charge in [0.25, 0.3) is 11.8 Å². The number of piperazine rings is 1. The first kappa shape index (κ1) is 21.1. The first-order chi connectivity index (χ1) is 15.0. The summed E-state index contributed by atoms with van der Waals surface area (Å²) >= 11 is 5.95. The summed E-state index contributed by atoms with van der Waals surface area (Å²) in [6.07, 6.45) is 1.74. The van der Waals surface area contributed by atoms with E-state index in [1.165, 1.54) is 0 Å². The van der Waals surface area contributed by atoms with Gasteiger partial charge in [0.15, 0.2) is 6.61 Å². The summed E-state index contributed by atoms with van der Waals surface area (Å²) in [7, 11) is 0. The highest BCUT2D eigenvalue weighted by atomic mass is 35.5. The SMILES string of the molecule is CC(C)c1nnc(-c2cccnc2N2CCN(C(=O)COc3cccc(Cl)c3)CC2)o1. The molecule has 0 saturated carbocycles. The average molecular weight is 442 g/mol. The Kier molecular flexibility index (Phi) is 6.36. The number of rotatable bonds is 6. The second-order valence-electron chi connectivity index (χ2n) is 7.59. The molecule has 0 radical (unpaired) electrons. The van der Waals surface area contributed by atoms with Crippen molar-refractivity contribution in [3.8, 4) is 17.2 Å². The maximum Gasteiger partial charge on any atom is 0.260 e. The Morgan fingerprint density at radius 3 is 2.68 bits per heavy atom. The van der Waals surface area contributed by atoms with Gasteiger partial charge in [-0.25, -0.2) is 4.98 Å². The maximum atomic E-state index is 12.6. The van der Waals surface area contributed by atoms with E-state index >= 15 is 0 Å². The van der Waals surface area contributed by atoms with Gasteiger partial charge < -0.3 is 19.0 Å². The van der Waals surface area contributed by atoms with Gasteiger partial charge in [0.2, 0.25) is 5.89 Å². The van der Waals surface area contributed by atoms with E-state index in [9.17, 15) is 4.79 Å². The third-order valence-corrected chi connectivity index (χ3v) is 5.28. The van der Waals surface area contributed by atoms with Crippen LogP contribution in [0.4, 0.5) is 5.82 Å². The molecule has 31 heavy (non-hydrogen) atoms. The van der Waals surface area contributed by atoms with Crippen molar-refractivity contribution < 1.29 is 13.9 Å². The molecule has 1 aliphatic rings. The molecule has 0 atom stereocenters. The van der Waals surface area contributed by atoms with Gasteiger partial charge in [-0.2, -0.15) is 0 Å². The van der Waals surface area contributed by atoms with Crippen LogP contribution in [-0.4, -0.2) is 58.8 Å². The summed E-state index contributed by atoms with van der Waals surface area (Å²) < 4.78 is 11.4. The minimum absolute atomic E-state index is 0.0187. The van der Waals surface area contributed by atoms with Gasteiger partial charge in [-0.05, 0) is 30.3 Å². The fraction of sp³-hybridized carbons (Fsp3) is 0.364. The quantitative estimate of drug-likeness (QED) is 0.577. The van der Waals surface area contributed by atoms with E-state index in [-0.39, 0.29) is 18.4 Å². The molecule has 9 heteroatoms. The predicted octanol–water partition coefficient (Wildman–Crippen LogP) is 3.64. The molecule has 0 spiro atoms. The van der Waals surface area contributed by atoms with Crippen molar-refractivity contribution >= 4 is 23.3 Å². The minimum Gasteiger partial charge on any atom is -0.484 e. The second kappa shape index (κ2) is 9.34. The lowest BCUT2D eigenvalue weighted by Crippen LogP contribution is -2.50. The fourth-order valence-electron chi connectivity index (χ4n) is 3.35. The summed E-state index contributed by atoms with van der Waals surface area (Å²) in [5, 5.41) is 8.89. The molecular weight excluding hydrogens is 418 g/mol. The molecule has 0 bridgehead atoms. The average Bonchev–Trinajstić information content (AvgIpc) is 3.28. The van der Waals surface area contributed by atoms with Gasteiger partial charge in [-0.3, -0.25) is 4.79 Å². The lowest BCUT2D eigenvalue weighted by Gasteiger charge is -2.35. The van der Waals surface area contributed by atoms with Crippen LogP contribution in [0.1, 0.15) is 25.7 Å². The fourth-order valence-corrected chi connectivity index (χ4v) is 3.53. The number of pyridine rings is 1. The summed E-state index contributed by atoms with van der Waals surface area (Å²) in [4.78, 5) is 21.0. The van der Waals surface area contributed by atoms with Crippen molar-refractivity contribution in [3.63, 3.8) is 0 Å². The molecule has 8 nitrogen and oxygen atoms in total. The third-order valence-electron chi connectivity index (χ3n) is 5.04. The van der Waals surface area contributed by atoms with E-state index in [1.54, 1.807) is 35.4 Å². The zero-order valence-corrected chi connectivity index (χ0v) is 18.2. The molecule has 1 aromatic carbocycles. The van der Waals surface area contributed by atoms with Crippen LogP contribution in [0.3, 0.4) is 0 Å². The van der Waals surface area contributed by atoms with Gasteiger partial charge in [-0.15, -0.1) is 10.2 Å². The number of ether oxygens (including phenoxy) is 1. The standard InChI is InChI=1S/C22H24ClN5O3/c1-15(2)21-25-26-22(31-21)18-7-4-8-24-20(18)28-11-9-27(10-12-28)19(29)14-30-17-6-3-5-16(23)13-17/h3-8,13,15H,9-12,14H2,1-2H3. The number of carbonyl (C=O) groups is 1. The van der Waals surface area contributed by atoms with Gasteiger partial charge >= 0.3 is 0 Å². The Morgan fingerprint density at radius 1 is 1.16 bits per heavy atom. The number of hydrogen-bond donors (Lipinski definition) is 0. The Morgan fingerprint density at radius 2 is 1.97 bits per heavy atom. The van der Waals surface area contributed by atoms with Gasteiger partial charge in [0.05, 0.1) is 5.56 Å². The lowest BCUT2D eigenvalue weighted by molar-refractivity contribution is -0.133. The molecule has 162 valence electrons. The van der Waals surface area contributed by atoms with Crippen LogP contribution in [0.2, 0.25) is 5.02 Å². The van der Waals surface area contributed by atoms with Crippen LogP contribution >= 0.6 is 11.6 Å². The summed E-state index contributed by atoms with van der Waals surface area (Å²) in [6, 6.07) is 10.8. The van der Waals surface area contributed by atoms with Crippen LogP contribution in [0, 0.1) is 0 Å². The van der Waals surface area contributed by atoms with E-state index in [0.717, 1.165) is 11.4 Å². The highest BCUT2D eigenvalue weighted by Gasteiger charge is 2.25. The van der Waals surface area contributed by atoms with Crippen LogP contribution < -0.4 is 9.64 Å². The molecule has 0 unspecified atom stereocenters. The van der Waals surface area contributed by atoms with Crippen molar-refractivity contribution in [2.45, 2.75) is 19.8 Å². The number of aromatic nitrogens is 3. The van der Waals surface area contributed by atoms with Crippen molar-refractivity contribution in [1.29, 1.82) is 0 Å². The third kappa shape index (κ3) is 4.96.